The predicted molar refractivity (Wildman–Crippen MR) is 85.2 cm³/mol. The van der Waals surface area contributed by atoms with Crippen LogP contribution in [0.4, 0.5) is 0 Å². The van der Waals surface area contributed by atoms with Crippen molar-refractivity contribution in [1.82, 2.24) is 9.78 Å². The van der Waals surface area contributed by atoms with Crippen molar-refractivity contribution < 1.29 is 4.74 Å². The van der Waals surface area contributed by atoms with Crippen molar-refractivity contribution in [3.8, 4) is 5.75 Å². The number of hydrogen-bond acceptors (Lipinski definition) is 3. The summed E-state index contributed by atoms with van der Waals surface area (Å²) < 4.78 is 7.81. The molecule has 114 valence electrons. The SMILES string of the molecule is CCC(CC)n1ccc(COc2ccc(C(C)N)cc2)n1. The van der Waals surface area contributed by atoms with Gasteiger partial charge in [0.25, 0.3) is 0 Å². The Kier molecular flexibility index (Phi) is 5.39. The zero-order chi connectivity index (χ0) is 15.2. The first-order valence-corrected chi connectivity index (χ1v) is 7.66. The molecule has 0 amide bonds. The summed E-state index contributed by atoms with van der Waals surface area (Å²) in [7, 11) is 0. The minimum atomic E-state index is 0.0507. The summed E-state index contributed by atoms with van der Waals surface area (Å²) in [4.78, 5) is 0. The van der Waals surface area contributed by atoms with Crippen molar-refractivity contribution in [2.24, 2.45) is 5.73 Å². The summed E-state index contributed by atoms with van der Waals surface area (Å²) in [5.41, 5.74) is 7.90. The van der Waals surface area contributed by atoms with Crippen LogP contribution in [0, 0.1) is 0 Å². The lowest BCUT2D eigenvalue weighted by molar-refractivity contribution is 0.297. The summed E-state index contributed by atoms with van der Waals surface area (Å²) >= 11 is 0. The molecule has 0 saturated heterocycles. The molecule has 1 unspecified atom stereocenters. The van der Waals surface area contributed by atoms with Crippen LogP contribution in [0.3, 0.4) is 0 Å². The minimum Gasteiger partial charge on any atom is -0.487 e. The lowest BCUT2D eigenvalue weighted by Gasteiger charge is -2.12. The van der Waals surface area contributed by atoms with Crippen molar-refractivity contribution in [2.75, 3.05) is 0 Å². The van der Waals surface area contributed by atoms with Gasteiger partial charge in [-0.25, -0.2) is 0 Å². The number of benzene rings is 1. The summed E-state index contributed by atoms with van der Waals surface area (Å²) in [5.74, 6) is 0.844. The second kappa shape index (κ2) is 7.27. The average Bonchev–Trinajstić information content (AvgIpc) is 2.96. The van der Waals surface area contributed by atoms with Gasteiger partial charge in [0.2, 0.25) is 0 Å². The van der Waals surface area contributed by atoms with Gasteiger partial charge in [-0.3, -0.25) is 4.68 Å². The molecular formula is C17H25N3O. The van der Waals surface area contributed by atoms with E-state index >= 15 is 0 Å². The largest absolute Gasteiger partial charge is 0.487 e. The van der Waals surface area contributed by atoms with E-state index in [1.165, 1.54) is 0 Å². The number of ether oxygens (including phenoxy) is 1. The quantitative estimate of drug-likeness (QED) is 0.841. The highest BCUT2D eigenvalue weighted by Crippen LogP contribution is 2.18. The van der Waals surface area contributed by atoms with Gasteiger partial charge in [-0.1, -0.05) is 26.0 Å². The molecule has 0 aliphatic heterocycles. The first-order chi connectivity index (χ1) is 10.1. The summed E-state index contributed by atoms with van der Waals surface area (Å²) in [6, 6.07) is 10.5. The fourth-order valence-electron chi connectivity index (χ4n) is 2.35. The summed E-state index contributed by atoms with van der Waals surface area (Å²) in [5, 5.41) is 4.58. The van der Waals surface area contributed by atoms with Crippen LogP contribution >= 0.6 is 0 Å². The van der Waals surface area contributed by atoms with Gasteiger partial charge >= 0.3 is 0 Å². The molecule has 1 atom stereocenters. The van der Waals surface area contributed by atoms with E-state index in [-0.39, 0.29) is 6.04 Å². The van der Waals surface area contributed by atoms with Gasteiger partial charge in [-0.2, -0.15) is 5.10 Å². The highest BCUT2D eigenvalue weighted by Gasteiger charge is 2.08. The van der Waals surface area contributed by atoms with Gasteiger partial charge in [0, 0.05) is 12.2 Å². The highest BCUT2D eigenvalue weighted by atomic mass is 16.5. The maximum Gasteiger partial charge on any atom is 0.132 e. The normalized spacial score (nSPS) is 12.6. The Bertz CT molecular complexity index is 541. The van der Waals surface area contributed by atoms with Crippen LogP contribution in [0.1, 0.15) is 57.0 Å². The van der Waals surface area contributed by atoms with Crippen LogP contribution in [-0.4, -0.2) is 9.78 Å². The van der Waals surface area contributed by atoms with Crippen LogP contribution in [-0.2, 0) is 6.61 Å². The highest BCUT2D eigenvalue weighted by molar-refractivity contribution is 5.28. The van der Waals surface area contributed by atoms with Gasteiger partial charge in [0.05, 0.1) is 11.7 Å². The number of hydrogen-bond donors (Lipinski definition) is 1. The Hall–Kier alpha value is -1.81. The molecule has 2 rings (SSSR count). The molecule has 1 aromatic heterocycles. The van der Waals surface area contributed by atoms with E-state index in [4.69, 9.17) is 10.5 Å². The molecule has 0 spiro atoms. The fourth-order valence-corrected chi connectivity index (χ4v) is 2.35. The third-order valence-corrected chi connectivity index (χ3v) is 3.77. The molecule has 0 fully saturated rings. The molecule has 0 saturated carbocycles. The molecule has 2 aromatic rings. The Balaban J connectivity index is 1.93. The number of nitrogens with two attached hydrogens (primary N) is 1. The van der Waals surface area contributed by atoms with Gasteiger partial charge in [0.15, 0.2) is 0 Å². The minimum absolute atomic E-state index is 0.0507. The van der Waals surface area contributed by atoms with Gasteiger partial charge < -0.3 is 10.5 Å². The van der Waals surface area contributed by atoms with Crippen LogP contribution in [0.25, 0.3) is 0 Å². The molecule has 0 aliphatic carbocycles. The van der Waals surface area contributed by atoms with E-state index < -0.39 is 0 Å². The number of aromatic nitrogens is 2. The first-order valence-electron chi connectivity index (χ1n) is 7.66. The first kappa shape index (κ1) is 15.6. The van der Waals surface area contributed by atoms with Crippen LogP contribution in [0.15, 0.2) is 36.5 Å². The number of rotatable bonds is 7. The summed E-state index contributed by atoms with van der Waals surface area (Å²) in [6.45, 7) is 6.84. The predicted octanol–water partition coefficient (Wildman–Crippen LogP) is 3.84. The Morgan fingerprint density at radius 1 is 1.14 bits per heavy atom. The lowest BCUT2D eigenvalue weighted by Crippen LogP contribution is -2.08. The van der Waals surface area contributed by atoms with Crippen LogP contribution < -0.4 is 10.5 Å². The van der Waals surface area contributed by atoms with Crippen molar-refractivity contribution in [3.05, 3.63) is 47.8 Å². The van der Waals surface area contributed by atoms with Crippen molar-refractivity contribution >= 4 is 0 Å². The van der Waals surface area contributed by atoms with Gasteiger partial charge in [0.1, 0.15) is 12.4 Å². The zero-order valence-corrected chi connectivity index (χ0v) is 13.1. The van der Waals surface area contributed by atoms with E-state index in [0.717, 1.165) is 29.8 Å². The summed E-state index contributed by atoms with van der Waals surface area (Å²) in [6.07, 6.45) is 4.23. The Morgan fingerprint density at radius 2 is 1.81 bits per heavy atom. The van der Waals surface area contributed by atoms with E-state index in [1.54, 1.807) is 0 Å². The van der Waals surface area contributed by atoms with Gasteiger partial charge in [-0.05, 0) is 43.5 Å². The molecular weight excluding hydrogens is 262 g/mol. The smallest absolute Gasteiger partial charge is 0.132 e. The molecule has 0 radical (unpaired) electrons. The molecule has 4 heteroatoms. The van der Waals surface area contributed by atoms with E-state index in [1.807, 2.05) is 48.1 Å². The fraction of sp³-hybridized carbons (Fsp3) is 0.471. The van der Waals surface area contributed by atoms with E-state index in [2.05, 4.69) is 18.9 Å². The second-order valence-corrected chi connectivity index (χ2v) is 5.40. The lowest BCUT2D eigenvalue weighted by atomic mass is 10.1. The van der Waals surface area contributed by atoms with Crippen LogP contribution in [0.2, 0.25) is 0 Å². The third kappa shape index (κ3) is 4.08. The topological polar surface area (TPSA) is 53.1 Å². The van der Waals surface area contributed by atoms with Crippen molar-refractivity contribution in [3.63, 3.8) is 0 Å². The molecule has 2 N–H and O–H groups in total. The zero-order valence-electron chi connectivity index (χ0n) is 13.1. The molecule has 4 nitrogen and oxygen atoms in total. The molecule has 0 aliphatic rings. The molecule has 21 heavy (non-hydrogen) atoms. The molecule has 0 bridgehead atoms. The molecule has 1 aromatic carbocycles. The number of nitrogens with zero attached hydrogens (tertiary/aromatic N) is 2. The Morgan fingerprint density at radius 3 is 2.38 bits per heavy atom. The van der Waals surface area contributed by atoms with Gasteiger partial charge in [-0.15, -0.1) is 0 Å². The van der Waals surface area contributed by atoms with Crippen molar-refractivity contribution in [2.45, 2.75) is 52.3 Å². The maximum atomic E-state index is 5.83. The maximum absolute atomic E-state index is 5.83. The average molecular weight is 287 g/mol. The second-order valence-electron chi connectivity index (χ2n) is 5.40. The van der Waals surface area contributed by atoms with E-state index in [9.17, 15) is 0 Å². The van der Waals surface area contributed by atoms with E-state index in [0.29, 0.717) is 12.6 Å². The monoisotopic (exact) mass is 287 g/mol. The van der Waals surface area contributed by atoms with Crippen molar-refractivity contribution in [1.29, 1.82) is 0 Å². The standard InChI is InChI=1S/C17H25N3O/c1-4-16(5-2)20-11-10-15(19-20)12-21-17-8-6-14(7-9-17)13(3)18/h6-11,13,16H,4-5,12,18H2,1-3H3. The molecule has 1 heterocycles. The third-order valence-electron chi connectivity index (χ3n) is 3.77. The van der Waals surface area contributed by atoms with Crippen LogP contribution in [0.5, 0.6) is 5.75 Å². The Labute approximate surface area is 126 Å².